The number of ether oxygens (including phenoxy) is 1. The number of hydrogen-bond acceptors (Lipinski definition) is 3. The minimum Gasteiger partial charge on any atom is -0.493 e. The molecule has 4 heteroatoms. The fourth-order valence-electron chi connectivity index (χ4n) is 2.41. The van der Waals surface area contributed by atoms with Crippen molar-refractivity contribution in [2.75, 3.05) is 6.61 Å². The average Bonchev–Trinajstić information content (AvgIpc) is 2.46. The summed E-state index contributed by atoms with van der Waals surface area (Å²) in [5.41, 5.74) is 0. The second-order valence-electron chi connectivity index (χ2n) is 5.00. The smallest absolute Gasteiger partial charge is 0.199 e. The van der Waals surface area contributed by atoms with E-state index in [4.69, 9.17) is 4.74 Å². The van der Waals surface area contributed by atoms with Gasteiger partial charge in [0.25, 0.3) is 0 Å². The zero-order valence-electron chi connectivity index (χ0n) is 11.0. The van der Waals surface area contributed by atoms with Crippen LogP contribution >= 0.6 is 0 Å². The third kappa shape index (κ3) is 3.83. The maximum atomic E-state index is 11.7. The first-order valence-corrected chi connectivity index (χ1v) is 8.27. The molecule has 0 aromatic heterocycles. The van der Waals surface area contributed by atoms with Gasteiger partial charge in [-0.1, -0.05) is 31.9 Å². The number of hydrogen-bond donors (Lipinski definition) is 0. The fourth-order valence-corrected chi connectivity index (χ4v) is 3.15. The van der Waals surface area contributed by atoms with Crippen LogP contribution in [0.15, 0.2) is 41.1 Å². The van der Waals surface area contributed by atoms with E-state index in [1.807, 2.05) is 0 Å². The summed E-state index contributed by atoms with van der Waals surface area (Å²) in [5.74, 6) is 1.22. The molecular formula is C15H20O3S. The lowest BCUT2D eigenvalue weighted by Crippen LogP contribution is -2.15. The van der Waals surface area contributed by atoms with Gasteiger partial charge in [-0.2, -0.15) is 0 Å². The lowest BCUT2D eigenvalue weighted by atomic mass is 9.90. The van der Waals surface area contributed by atoms with Crippen LogP contribution in [-0.2, 0) is 9.84 Å². The maximum absolute atomic E-state index is 11.7. The van der Waals surface area contributed by atoms with E-state index < -0.39 is 9.84 Å². The highest BCUT2D eigenvalue weighted by molar-refractivity contribution is 7.94. The molecule has 0 saturated heterocycles. The summed E-state index contributed by atoms with van der Waals surface area (Å²) in [6, 6.07) is 6.63. The van der Waals surface area contributed by atoms with Crippen molar-refractivity contribution in [3.8, 4) is 5.75 Å². The second-order valence-corrected chi connectivity index (χ2v) is 6.90. The van der Waals surface area contributed by atoms with Crippen LogP contribution in [0.1, 0.15) is 32.1 Å². The molecule has 0 bridgehead atoms. The van der Waals surface area contributed by atoms with Crippen molar-refractivity contribution in [2.45, 2.75) is 37.0 Å². The van der Waals surface area contributed by atoms with E-state index in [2.05, 4.69) is 6.58 Å². The molecule has 2 rings (SSSR count). The van der Waals surface area contributed by atoms with Crippen molar-refractivity contribution in [2.24, 2.45) is 5.92 Å². The Morgan fingerprint density at radius 2 is 2.00 bits per heavy atom. The van der Waals surface area contributed by atoms with Crippen molar-refractivity contribution in [3.63, 3.8) is 0 Å². The second kappa shape index (κ2) is 6.24. The predicted molar refractivity (Wildman–Crippen MR) is 75.9 cm³/mol. The van der Waals surface area contributed by atoms with Crippen LogP contribution in [-0.4, -0.2) is 15.0 Å². The Labute approximate surface area is 115 Å². The van der Waals surface area contributed by atoms with E-state index in [9.17, 15) is 8.42 Å². The van der Waals surface area contributed by atoms with Gasteiger partial charge in [0.2, 0.25) is 0 Å². The quantitative estimate of drug-likeness (QED) is 0.828. The Balaban J connectivity index is 2.01. The molecule has 1 aromatic carbocycles. The Bertz CT molecular complexity index is 528. The van der Waals surface area contributed by atoms with Gasteiger partial charge >= 0.3 is 0 Å². The van der Waals surface area contributed by atoms with Crippen molar-refractivity contribution in [1.82, 2.24) is 0 Å². The fraction of sp³-hybridized carbons (Fsp3) is 0.467. The van der Waals surface area contributed by atoms with Gasteiger partial charge in [-0.15, -0.1) is 0 Å². The molecular weight excluding hydrogens is 260 g/mol. The Morgan fingerprint density at radius 3 is 2.68 bits per heavy atom. The number of rotatable bonds is 5. The highest BCUT2D eigenvalue weighted by Gasteiger charge is 2.15. The summed E-state index contributed by atoms with van der Waals surface area (Å²) in [7, 11) is -3.38. The number of benzene rings is 1. The molecule has 0 spiro atoms. The van der Waals surface area contributed by atoms with Gasteiger partial charge in [-0.3, -0.25) is 0 Å². The van der Waals surface area contributed by atoms with Crippen LogP contribution in [0.5, 0.6) is 5.75 Å². The molecule has 1 aromatic rings. The summed E-state index contributed by atoms with van der Waals surface area (Å²) in [6.45, 7) is 4.01. The molecule has 0 heterocycles. The summed E-state index contributed by atoms with van der Waals surface area (Å²) in [6.07, 6.45) is 6.30. The van der Waals surface area contributed by atoms with Crippen molar-refractivity contribution >= 4 is 9.84 Å². The van der Waals surface area contributed by atoms with Gasteiger partial charge in [0, 0.05) is 5.41 Å². The highest BCUT2D eigenvalue weighted by atomic mass is 32.2. The van der Waals surface area contributed by atoms with E-state index in [1.165, 1.54) is 32.1 Å². The SMILES string of the molecule is C=CS(=O)(=O)c1cccc(OCC2CCCCC2)c1. The molecule has 0 unspecified atom stereocenters. The summed E-state index contributed by atoms with van der Waals surface area (Å²) >= 11 is 0. The standard InChI is InChI=1S/C15H20O3S/c1-2-19(16,17)15-10-6-9-14(11-15)18-12-13-7-4-3-5-8-13/h2,6,9-11,13H,1,3-5,7-8,12H2. The predicted octanol–water partition coefficient (Wildman–Crippen LogP) is 3.56. The monoisotopic (exact) mass is 280 g/mol. The first-order chi connectivity index (χ1) is 9.12. The first kappa shape index (κ1) is 14.1. The van der Waals surface area contributed by atoms with Gasteiger partial charge in [-0.05, 0) is 37.0 Å². The van der Waals surface area contributed by atoms with Crippen molar-refractivity contribution < 1.29 is 13.2 Å². The largest absolute Gasteiger partial charge is 0.493 e. The van der Waals surface area contributed by atoms with Crippen molar-refractivity contribution in [1.29, 1.82) is 0 Å². The van der Waals surface area contributed by atoms with E-state index in [1.54, 1.807) is 24.3 Å². The molecule has 1 fully saturated rings. The lowest BCUT2D eigenvalue weighted by molar-refractivity contribution is 0.208. The van der Waals surface area contributed by atoms with Crippen molar-refractivity contribution in [3.05, 3.63) is 36.3 Å². The van der Waals surface area contributed by atoms with Crippen LogP contribution < -0.4 is 4.74 Å². The van der Waals surface area contributed by atoms with Crippen LogP contribution in [0, 0.1) is 5.92 Å². The topological polar surface area (TPSA) is 43.4 Å². The van der Waals surface area contributed by atoms with E-state index in [0.29, 0.717) is 18.3 Å². The van der Waals surface area contributed by atoms with Gasteiger partial charge in [-0.25, -0.2) is 8.42 Å². The third-order valence-corrected chi connectivity index (χ3v) is 4.91. The van der Waals surface area contributed by atoms with Gasteiger partial charge in [0.15, 0.2) is 9.84 Å². The van der Waals surface area contributed by atoms with E-state index in [-0.39, 0.29) is 4.90 Å². The molecule has 1 saturated carbocycles. The van der Waals surface area contributed by atoms with Crippen LogP contribution in [0.3, 0.4) is 0 Å². The normalized spacial score (nSPS) is 17.1. The van der Waals surface area contributed by atoms with E-state index >= 15 is 0 Å². The zero-order chi connectivity index (χ0) is 13.7. The molecule has 0 aliphatic heterocycles. The van der Waals surface area contributed by atoms with E-state index in [0.717, 1.165) is 5.41 Å². The first-order valence-electron chi connectivity index (χ1n) is 6.72. The average molecular weight is 280 g/mol. The molecule has 19 heavy (non-hydrogen) atoms. The minimum atomic E-state index is -3.38. The molecule has 104 valence electrons. The Kier molecular flexibility index (Phi) is 4.64. The molecule has 0 atom stereocenters. The third-order valence-electron chi connectivity index (χ3n) is 3.56. The minimum absolute atomic E-state index is 0.239. The molecule has 1 aliphatic carbocycles. The molecule has 1 aliphatic rings. The Hall–Kier alpha value is -1.29. The molecule has 3 nitrogen and oxygen atoms in total. The van der Waals surface area contributed by atoms with Gasteiger partial charge < -0.3 is 4.74 Å². The molecule has 0 N–H and O–H groups in total. The molecule has 0 radical (unpaired) electrons. The summed E-state index contributed by atoms with van der Waals surface area (Å²) in [5, 5.41) is 0.966. The molecule has 0 amide bonds. The summed E-state index contributed by atoms with van der Waals surface area (Å²) in [4.78, 5) is 0.239. The lowest BCUT2D eigenvalue weighted by Gasteiger charge is -2.21. The van der Waals surface area contributed by atoms with Crippen LogP contribution in [0.2, 0.25) is 0 Å². The number of sulfone groups is 1. The van der Waals surface area contributed by atoms with Gasteiger partial charge in [0.1, 0.15) is 5.75 Å². The van der Waals surface area contributed by atoms with Crippen LogP contribution in [0.4, 0.5) is 0 Å². The zero-order valence-corrected chi connectivity index (χ0v) is 11.9. The maximum Gasteiger partial charge on any atom is 0.199 e. The Morgan fingerprint density at radius 1 is 1.26 bits per heavy atom. The van der Waals surface area contributed by atoms with Crippen LogP contribution in [0.25, 0.3) is 0 Å². The highest BCUT2D eigenvalue weighted by Crippen LogP contribution is 2.25. The summed E-state index contributed by atoms with van der Waals surface area (Å²) < 4.78 is 29.1. The van der Waals surface area contributed by atoms with Gasteiger partial charge in [0.05, 0.1) is 11.5 Å².